The number of nitrogens with two attached hydrogens (primary N) is 1. The van der Waals surface area contributed by atoms with Crippen LogP contribution in [-0.2, 0) is 0 Å². The van der Waals surface area contributed by atoms with Gasteiger partial charge in [0.25, 0.3) is 5.91 Å². The molecule has 0 bridgehead atoms. The molecule has 3 nitrogen and oxygen atoms in total. The molecule has 92 valence electrons. The molecule has 2 rings (SSSR count). The molecule has 1 saturated heterocycles. The van der Waals surface area contributed by atoms with Crippen molar-refractivity contribution in [2.75, 3.05) is 19.6 Å². The Morgan fingerprint density at radius 2 is 2.35 bits per heavy atom. The van der Waals surface area contributed by atoms with Gasteiger partial charge in [-0.15, -0.1) is 0 Å². The van der Waals surface area contributed by atoms with Gasteiger partial charge in [0.1, 0.15) is 5.82 Å². The van der Waals surface area contributed by atoms with E-state index in [1.165, 1.54) is 6.07 Å². The Balaban J connectivity index is 2.21. The van der Waals surface area contributed by atoms with E-state index < -0.39 is 5.82 Å². The summed E-state index contributed by atoms with van der Waals surface area (Å²) < 4.78 is 14.1. The van der Waals surface area contributed by atoms with Crippen molar-refractivity contribution in [3.8, 4) is 0 Å². The minimum Gasteiger partial charge on any atom is -0.338 e. The van der Waals surface area contributed by atoms with E-state index in [0.717, 1.165) is 6.42 Å². The zero-order valence-corrected chi connectivity index (χ0v) is 10.9. The smallest absolute Gasteiger partial charge is 0.257 e. The molecule has 1 atom stereocenters. The van der Waals surface area contributed by atoms with Crippen molar-refractivity contribution in [2.24, 2.45) is 11.7 Å². The van der Waals surface area contributed by atoms with E-state index in [0.29, 0.717) is 30.0 Å². The van der Waals surface area contributed by atoms with Crippen molar-refractivity contribution in [1.82, 2.24) is 4.90 Å². The van der Waals surface area contributed by atoms with Crippen LogP contribution in [-0.4, -0.2) is 30.4 Å². The summed E-state index contributed by atoms with van der Waals surface area (Å²) in [5, 5.41) is 0. The molecule has 1 amide bonds. The molecule has 0 radical (unpaired) electrons. The average Bonchev–Trinajstić information content (AvgIpc) is 2.77. The number of benzene rings is 1. The molecule has 0 aliphatic carbocycles. The second-order valence-corrected chi connectivity index (χ2v) is 5.09. The van der Waals surface area contributed by atoms with Crippen molar-refractivity contribution < 1.29 is 9.18 Å². The third-order valence-corrected chi connectivity index (χ3v) is 3.74. The number of rotatable bonds is 2. The van der Waals surface area contributed by atoms with Crippen LogP contribution in [0.2, 0.25) is 0 Å². The lowest BCUT2D eigenvalue weighted by atomic mass is 10.1. The first kappa shape index (κ1) is 12.5. The lowest BCUT2D eigenvalue weighted by Gasteiger charge is -2.17. The Morgan fingerprint density at radius 3 is 2.94 bits per heavy atom. The largest absolute Gasteiger partial charge is 0.338 e. The fourth-order valence-corrected chi connectivity index (χ4v) is 2.58. The van der Waals surface area contributed by atoms with E-state index in [9.17, 15) is 9.18 Å². The van der Waals surface area contributed by atoms with Gasteiger partial charge >= 0.3 is 0 Å². The maximum atomic E-state index is 13.6. The Kier molecular flexibility index (Phi) is 3.79. The zero-order chi connectivity index (χ0) is 12.4. The second-order valence-electron chi connectivity index (χ2n) is 4.24. The van der Waals surface area contributed by atoms with E-state index in [4.69, 9.17) is 5.73 Å². The molecule has 5 heteroatoms. The van der Waals surface area contributed by atoms with Gasteiger partial charge in [0.15, 0.2) is 0 Å². The number of halogens is 2. The summed E-state index contributed by atoms with van der Waals surface area (Å²) in [6.07, 6.45) is 0.897. The summed E-state index contributed by atoms with van der Waals surface area (Å²) in [6.45, 7) is 1.85. The summed E-state index contributed by atoms with van der Waals surface area (Å²) in [6, 6.07) is 4.55. The molecule has 1 aliphatic rings. The standard InChI is InChI=1S/C12H14BrFN2O/c13-9-2-1-3-10(14)11(9)12(17)16-5-4-8(6-15)7-16/h1-3,8H,4-7,15H2/t8-/m1/s1. The molecule has 0 unspecified atom stereocenters. The minimum absolute atomic E-state index is 0.116. The van der Waals surface area contributed by atoms with E-state index >= 15 is 0 Å². The fraction of sp³-hybridized carbons (Fsp3) is 0.417. The molecule has 1 heterocycles. The average molecular weight is 301 g/mol. The number of carbonyl (C=O) groups is 1. The van der Waals surface area contributed by atoms with Crippen LogP contribution in [0.1, 0.15) is 16.8 Å². The number of hydrogen-bond acceptors (Lipinski definition) is 2. The predicted molar refractivity (Wildman–Crippen MR) is 67.2 cm³/mol. The number of hydrogen-bond donors (Lipinski definition) is 1. The van der Waals surface area contributed by atoms with E-state index in [-0.39, 0.29) is 11.5 Å². The highest BCUT2D eigenvalue weighted by Gasteiger charge is 2.28. The molecule has 1 aliphatic heterocycles. The zero-order valence-electron chi connectivity index (χ0n) is 9.33. The maximum Gasteiger partial charge on any atom is 0.257 e. The van der Waals surface area contributed by atoms with Gasteiger partial charge in [-0.05, 0) is 46.9 Å². The van der Waals surface area contributed by atoms with Gasteiger partial charge in [-0.25, -0.2) is 4.39 Å². The van der Waals surface area contributed by atoms with E-state index in [1.54, 1.807) is 17.0 Å². The second kappa shape index (κ2) is 5.14. The Morgan fingerprint density at radius 1 is 1.59 bits per heavy atom. The number of amides is 1. The Hall–Kier alpha value is -0.940. The van der Waals surface area contributed by atoms with Crippen molar-refractivity contribution in [3.05, 3.63) is 34.1 Å². The van der Waals surface area contributed by atoms with Gasteiger partial charge < -0.3 is 10.6 Å². The first-order chi connectivity index (χ1) is 8.13. The first-order valence-electron chi connectivity index (χ1n) is 5.57. The van der Waals surface area contributed by atoms with Crippen molar-refractivity contribution in [3.63, 3.8) is 0 Å². The monoisotopic (exact) mass is 300 g/mol. The van der Waals surface area contributed by atoms with Gasteiger partial charge in [-0.2, -0.15) is 0 Å². The normalized spacial score (nSPS) is 19.7. The number of nitrogens with zero attached hydrogens (tertiary/aromatic N) is 1. The van der Waals surface area contributed by atoms with E-state index in [1.807, 2.05) is 0 Å². The van der Waals surface area contributed by atoms with Crippen LogP contribution in [0.3, 0.4) is 0 Å². The first-order valence-corrected chi connectivity index (χ1v) is 6.36. The molecule has 1 aromatic carbocycles. The quantitative estimate of drug-likeness (QED) is 0.908. The van der Waals surface area contributed by atoms with Crippen LogP contribution in [0, 0.1) is 11.7 Å². The molecule has 1 fully saturated rings. The molecule has 17 heavy (non-hydrogen) atoms. The molecular weight excluding hydrogens is 287 g/mol. The third kappa shape index (κ3) is 2.50. The highest BCUT2D eigenvalue weighted by atomic mass is 79.9. The SMILES string of the molecule is NC[C@H]1CCN(C(=O)c2c(F)cccc2Br)C1. The molecular formula is C12H14BrFN2O. The number of likely N-dealkylation sites (tertiary alicyclic amines) is 1. The Bertz CT molecular complexity index is 418. The molecule has 0 saturated carbocycles. The third-order valence-electron chi connectivity index (χ3n) is 3.08. The van der Waals surface area contributed by atoms with Crippen LogP contribution in [0.4, 0.5) is 4.39 Å². The highest BCUT2D eigenvalue weighted by molar-refractivity contribution is 9.10. The van der Waals surface area contributed by atoms with E-state index in [2.05, 4.69) is 15.9 Å². The summed E-state index contributed by atoms with van der Waals surface area (Å²) in [7, 11) is 0. The predicted octanol–water partition coefficient (Wildman–Crippen LogP) is 2.01. The maximum absolute atomic E-state index is 13.6. The fourth-order valence-electron chi connectivity index (χ4n) is 2.07. The summed E-state index contributed by atoms with van der Waals surface area (Å²) in [5.41, 5.74) is 5.69. The number of carbonyl (C=O) groups excluding carboxylic acids is 1. The Labute approximate surface area is 108 Å². The van der Waals surface area contributed by atoms with Crippen molar-refractivity contribution in [1.29, 1.82) is 0 Å². The summed E-state index contributed by atoms with van der Waals surface area (Å²) in [4.78, 5) is 13.8. The van der Waals surface area contributed by atoms with Gasteiger partial charge in [-0.3, -0.25) is 4.79 Å². The molecule has 2 N–H and O–H groups in total. The molecule has 1 aromatic rings. The van der Waals surface area contributed by atoms with Gasteiger partial charge in [0.2, 0.25) is 0 Å². The van der Waals surface area contributed by atoms with Gasteiger partial charge in [0, 0.05) is 17.6 Å². The van der Waals surface area contributed by atoms with Crippen molar-refractivity contribution >= 4 is 21.8 Å². The summed E-state index contributed by atoms with van der Waals surface area (Å²) >= 11 is 3.21. The van der Waals surface area contributed by atoms with Gasteiger partial charge in [-0.1, -0.05) is 6.07 Å². The lowest BCUT2D eigenvalue weighted by molar-refractivity contribution is 0.0782. The van der Waals surface area contributed by atoms with Crippen LogP contribution in [0.15, 0.2) is 22.7 Å². The van der Waals surface area contributed by atoms with Crippen LogP contribution >= 0.6 is 15.9 Å². The van der Waals surface area contributed by atoms with Gasteiger partial charge in [0.05, 0.1) is 5.56 Å². The highest BCUT2D eigenvalue weighted by Crippen LogP contribution is 2.24. The van der Waals surface area contributed by atoms with Crippen LogP contribution < -0.4 is 5.73 Å². The van der Waals surface area contributed by atoms with Crippen LogP contribution in [0.5, 0.6) is 0 Å². The van der Waals surface area contributed by atoms with Crippen LogP contribution in [0.25, 0.3) is 0 Å². The lowest BCUT2D eigenvalue weighted by Crippen LogP contribution is -2.30. The molecule has 0 spiro atoms. The minimum atomic E-state index is -0.486. The topological polar surface area (TPSA) is 46.3 Å². The van der Waals surface area contributed by atoms with Crippen molar-refractivity contribution in [2.45, 2.75) is 6.42 Å². The summed E-state index contributed by atoms with van der Waals surface area (Å²) in [5.74, 6) is -0.406. The molecule has 0 aromatic heterocycles.